The molecule has 0 heterocycles. The first-order valence-electron chi connectivity index (χ1n) is 7.04. The van der Waals surface area contributed by atoms with E-state index in [2.05, 4.69) is 25.7 Å². The zero-order chi connectivity index (χ0) is 12.2. The third-order valence-corrected chi connectivity index (χ3v) is 3.68. The molecule has 0 aliphatic carbocycles. The van der Waals surface area contributed by atoms with Crippen LogP contribution < -0.4 is 0 Å². The van der Waals surface area contributed by atoms with Gasteiger partial charge in [0.1, 0.15) is 0 Å². The lowest BCUT2D eigenvalue weighted by atomic mass is 9.88. The van der Waals surface area contributed by atoms with Crippen molar-refractivity contribution in [2.45, 2.75) is 72.1 Å². The Morgan fingerprint density at radius 3 is 1.88 bits per heavy atom. The van der Waals surface area contributed by atoms with Crippen molar-refractivity contribution in [3.05, 3.63) is 0 Å². The molecule has 0 bridgehead atoms. The average Bonchev–Trinajstić information content (AvgIpc) is 2.31. The van der Waals surface area contributed by atoms with Crippen LogP contribution in [0.1, 0.15) is 72.1 Å². The van der Waals surface area contributed by atoms with Gasteiger partial charge in [-0.05, 0) is 24.7 Å². The van der Waals surface area contributed by atoms with Crippen LogP contribution in [0.4, 0.5) is 0 Å². The zero-order valence-corrected chi connectivity index (χ0v) is 11.4. The first-order valence-corrected chi connectivity index (χ1v) is 7.04. The van der Waals surface area contributed by atoms with Gasteiger partial charge in [-0.2, -0.15) is 0 Å². The lowest BCUT2D eigenvalue weighted by molar-refractivity contribution is -0.243. The first-order chi connectivity index (χ1) is 7.78. The highest BCUT2D eigenvalue weighted by atomic mass is 17.1. The van der Waals surface area contributed by atoms with E-state index in [-0.39, 0.29) is 0 Å². The van der Waals surface area contributed by atoms with Gasteiger partial charge >= 0.3 is 0 Å². The predicted molar refractivity (Wildman–Crippen MR) is 69.5 cm³/mol. The van der Waals surface area contributed by atoms with Crippen molar-refractivity contribution in [3.8, 4) is 0 Å². The maximum atomic E-state index is 8.28. The van der Waals surface area contributed by atoms with Gasteiger partial charge in [0.15, 0.2) is 0 Å². The Morgan fingerprint density at radius 2 is 1.44 bits per heavy atom. The molecule has 2 atom stereocenters. The van der Waals surface area contributed by atoms with Gasteiger partial charge in [0.25, 0.3) is 0 Å². The third kappa shape index (κ3) is 8.12. The molecule has 0 saturated carbocycles. The fourth-order valence-electron chi connectivity index (χ4n) is 2.42. The molecule has 1 N–H and O–H groups in total. The highest BCUT2D eigenvalue weighted by molar-refractivity contribution is 4.63. The van der Waals surface area contributed by atoms with Crippen LogP contribution in [0, 0.1) is 11.8 Å². The molecule has 98 valence electrons. The van der Waals surface area contributed by atoms with E-state index in [9.17, 15) is 0 Å². The van der Waals surface area contributed by atoms with E-state index >= 15 is 0 Å². The Kier molecular flexibility index (Phi) is 11.3. The summed E-state index contributed by atoms with van der Waals surface area (Å²) in [4.78, 5) is 4.12. The van der Waals surface area contributed by atoms with Crippen molar-refractivity contribution in [1.82, 2.24) is 0 Å². The summed E-state index contributed by atoms with van der Waals surface area (Å²) in [6.07, 6.45) is 10.2. The summed E-state index contributed by atoms with van der Waals surface area (Å²) in [7, 11) is 0. The molecule has 0 aromatic carbocycles. The van der Waals surface area contributed by atoms with Crippen molar-refractivity contribution in [2.24, 2.45) is 11.8 Å². The summed E-state index contributed by atoms with van der Waals surface area (Å²) >= 11 is 0. The van der Waals surface area contributed by atoms with Gasteiger partial charge in [-0.3, -0.25) is 5.26 Å². The lowest BCUT2D eigenvalue weighted by Gasteiger charge is -2.19. The van der Waals surface area contributed by atoms with E-state index in [0.717, 1.165) is 18.3 Å². The molecular weight excluding hydrogens is 200 g/mol. The summed E-state index contributed by atoms with van der Waals surface area (Å²) in [6, 6.07) is 0. The van der Waals surface area contributed by atoms with Crippen LogP contribution in [0.2, 0.25) is 0 Å². The van der Waals surface area contributed by atoms with Gasteiger partial charge < -0.3 is 0 Å². The predicted octanol–water partition coefficient (Wildman–Crippen LogP) is 4.89. The van der Waals surface area contributed by atoms with E-state index < -0.39 is 0 Å². The van der Waals surface area contributed by atoms with Crippen LogP contribution in [0.3, 0.4) is 0 Å². The normalized spacial score (nSPS) is 15.0. The summed E-state index contributed by atoms with van der Waals surface area (Å²) in [5.41, 5.74) is 0. The monoisotopic (exact) mass is 230 g/mol. The van der Waals surface area contributed by atoms with Gasteiger partial charge in [-0.15, -0.1) is 0 Å². The van der Waals surface area contributed by atoms with E-state index in [1.165, 1.54) is 44.9 Å². The minimum Gasteiger partial charge on any atom is -0.252 e. The SMILES string of the molecule is CCCC(CC)CCC(CC)CCCOO. The van der Waals surface area contributed by atoms with E-state index in [4.69, 9.17) is 5.26 Å². The van der Waals surface area contributed by atoms with Crippen LogP contribution in [0.5, 0.6) is 0 Å². The van der Waals surface area contributed by atoms with Crippen molar-refractivity contribution in [2.75, 3.05) is 6.61 Å². The molecule has 2 unspecified atom stereocenters. The van der Waals surface area contributed by atoms with Crippen molar-refractivity contribution < 1.29 is 10.1 Å². The topological polar surface area (TPSA) is 29.5 Å². The summed E-state index contributed by atoms with van der Waals surface area (Å²) in [5.74, 6) is 1.74. The van der Waals surface area contributed by atoms with Crippen LogP contribution in [-0.4, -0.2) is 11.9 Å². The van der Waals surface area contributed by atoms with Crippen LogP contribution in [-0.2, 0) is 4.89 Å². The smallest absolute Gasteiger partial charge is 0.0819 e. The molecule has 0 aromatic rings. The van der Waals surface area contributed by atoms with E-state index in [0.29, 0.717) is 6.61 Å². The van der Waals surface area contributed by atoms with Gasteiger partial charge in [0, 0.05) is 0 Å². The lowest BCUT2D eigenvalue weighted by Crippen LogP contribution is -2.06. The summed E-state index contributed by atoms with van der Waals surface area (Å²) in [5, 5.41) is 8.28. The molecule has 0 aromatic heterocycles. The molecule has 0 spiro atoms. The standard InChI is InChI=1S/C14H30O2/c1-4-8-13(5-2)10-11-14(6-3)9-7-12-16-15/h13-15H,4-12H2,1-3H3. The highest BCUT2D eigenvalue weighted by Gasteiger charge is 2.10. The molecule has 2 heteroatoms. The molecule has 0 radical (unpaired) electrons. The van der Waals surface area contributed by atoms with Crippen molar-refractivity contribution in [3.63, 3.8) is 0 Å². The Bertz CT molecular complexity index is 137. The number of rotatable bonds is 11. The fourth-order valence-corrected chi connectivity index (χ4v) is 2.42. The molecule has 16 heavy (non-hydrogen) atoms. The Balaban J connectivity index is 3.66. The van der Waals surface area contributed by atoms with Gasteiger partial charge in [0.2, 0.25) is 0 Å². The second-order valence-corrected chi connectivity index (χ2v) is 4.89. The molecule has 2 nitrogen and oxygen atoms in total. The van der Waals surface area contributed by atoms with Crippen LogP contribution in [0.25, 0.3) is 0 Å². The van der Waals surface area contributed by atoms with Crippen molar-refractivity contribution >= 4 is 0 Å². The number of hydrogen-bond donors (Lipinski definition) is 1. The summed E-state index contributed by atoms with van der Waals surface area (Å²) < 4.78 is 0. The first kappa shape index (κ1) is 15.9. The second-order valence-electron chi connectivity index (χ2n) is 4.89. The minimum atomic E-state index is 0.489. The molecule has 0 saturated heterocycles. The summed E-state index contributed by atoms with van der Waals surface area (Å²) in [6.45, 7) is 7.34. The van der Waals surface area contributed by atoms with E-state index in [1.54, 1.807) is 0 Å². The zero-order valence-electron chi connectivity index (χ0n) is 11.4. The third-order valence-electron chi connectivity index (χ3n) is 3.68. The molecular formula is C14H30O2. The number of hydrogen-bond acceptors (Lipinski definition) is 2. The maximum Gasteiger partial charge on any atom is 0.0819 e. The van der Waals surface area contributed by atoms with E-state index in [1.807, 2.05) is 0 Å². The van der Waals surface area contributed by atoms with Gasteiger partial charge in [0.05, 0.1) is 6.61 Å². The Hall–Kier alpha value is -0.0800. The average molecular weight is 230 g/mol. The largest absolute Gasteiger partial charge is 0.252 e. The van der Waals surface area contributed by atoms with Crippen LogP contribution >= 0.6 is 0 Å². The van der Waals surface area contributed by atoms with Crippen molar-refractivity contribution in [1.29, 1.82) is 0 Å². The maximum absolute atomic E-state index is 8.28. The molecule has 0 amide bonds. The van der Waals surface area contributed by atoms with Gasteiger partial charge in [-0.25, -0.2) is 4.89 Å². The minimum absolute atomic E-state index is 0.489. The molecule has 0 rings (SSSR count). The quantitative estimate of drug-likeness (QED) is 0.311. The highest BCUT2D eigenvalue weighted by Crippen LogP contribution is 2.24. The van der Waals surface area contributed by atoms with Crippen LogP contribution in [0.15, 0.2) is 0 Å². The fraction of sp³-hybridized carbons (Fsp3) is 1.00. The molecule has 0 aliphatic heterocycles. The second kappa shape index (κ2) is 11.4. The Labute approximate surface area is 101 Å². The Morgan fingerprint density at radius 1 is 0.875 bits per heavy atom. The molecule has 0 aliphatic rings. The van der Waals surface area contributed by atoms with Gasteiger partial charge in [-0.1, -0.05) is 59.3 Å². The molecule has 0 fully saturated rings.